The van der Waals surface area contributed by atoms with Crippen molar-refractivity contribution >= 4 is 21.7 Å². The van der Waals surface area contributed by atoms with E-state index in [0.29, 0.717) is 6.61 Å². The van der Waals surface area contributed by atoms with Gasteiger partial charge in [-0.3, -0.25) is 4.79 Å². The number of Topliss-reactive ketones (excluding diaryl/α,β-unsaturated/α-hetero) is 1. The van der Waals surface area contributed by atoms with Gasteiger partial charge in [0, 0.05) is 0 Å². The molecule has 1 unspecified atom stereocenters. The third-order valence-corrected chi connectivity index (χ3v) is 2.23. The van der Waals surface area contributed by atoms with Crippen LogP contribution in [0.25, 0.3) is 0 Å². The molecular formula is C8H15BrO5. The zero-order chi connectivity index (χ0) is 11.0. The van der Waals surface area contributed by atoms with Crippen LogP contribution in [0.1, 0.15) is 6.92 Å². The van der Waals surface area contributed by atoms with Gasteiger partial charge in [-0.2, -0.15) is 0 Å². The van der Waals surface area contributed by atoms with Crippen LogP contribution in [-0.4, -0.2) is 53.5 Å². The normalized spacial score (nSPS) is 15.1. The summed E-state index contributed by atoms with van der Waals surface area (Å²) in [5.41, 5.74) is 0. The van der Waals surface area contributed by atoms with E-state index in [-0.39, 0.29) is 26.4 Å². The maximum atomic E-state index is 10.8. The minimum absolute atomic E-state index is 0.0319. The van der Waals surface area contributed by atoms with Gasteiger partial charge in [0.2, 0.25) is 4.51 Å². The van der Waals surface area contributed by atoms with Crippen molar-refractivity contribution < 1.29 is 24.5 Å². The second-order valence-electron chi connectivity index (χ2n) is 2.70. The van der Waals surface area contributed by atoms with Crippen molar-refractivity contribution in [3.05, 3.63) is 0 Å². The van der Waals surface area contributed by atoms with Crippen molar-refractivity contribution in [2.75, 3.05) is 33.0 Å². The zero-order valence-electron chi connectivity index (χ0n) is 8.03. The van der Waals surface area contributed by atoms with Gasteiger partial charge in [0.25, 0.3) is 0 Å². The van der Waals surface area contributed by atoms with Crippen molar-refractivity contribution in [2.45, 2.75) is 11.4 Å². The first-order valence-electron chi connectivity index (χ1n) is 4.19. The summed E-state index contributed by atoms with van der Waals surface area (Å²) in [5, 5.41) is 17.7. The number of rotatable bonds is 8. The summed E-state index contributed by atoms with van der Waals surface area (Å²) in [6.07, 6.45) is 0. The zero-order valence-corrected chi connectivity index (χ0v) is 9.62. The number of aliphatic hydroxyl groups excluding tert-OH is 1. The second kappa shape index (κ2) is 7.30. The van der Waals surface area contributed by atoms with Crippen LogP contribution in [0.5, 0.6) is 0 Å². The maximum absolute atomic E-state index is 10.8. The molecule has 84 valence electrons. The number of hydrogen-bond acceptors (Lipinski definition) is 5. The van der Waals surface area contributed by atoms with Crippen LogP contribution in [0.2, 0.25) is 0 Å². The van der Waals surface area contributed by atoms with Gasteiger partial charge in [-0.25, -0.2) is 0 Å². The van der Waals surface area contributed by atoms with Gasteiger partial charge in [-0.05, 0) is 22.9 Å². The molecule has 0 rings (SSSR count). The van der Waals surface area contributed by atoms with Crippen LogP contribution >= 0.6 is 15.9 Å². The van der Waals surface area contributed by atoms with E-state index in [1.807, 2.05) is 0 Å². The third kappa shape index (κ3) is 6.44. The first-order valence-corrected chi connectivity index (χ1v) is 4.98. The average molecular weight is 271 g/mol. The van der Waals surface area contributed by atoms with Gasteiger partial charge < -0.3 is 19.7 Å². The molecule has 1 atom stereocenters. The molecule has 0 aliphatic heterocycles. The van der Waals surface area contributed by atoms with E-state index in [1.54, 1.807) is 0 Å². The largest absolute Gasteiger partial charge is 0.394 e. The molecule has 14 heavy (non-hydrogen) atoms. The highest BCUT2D eigenvalue weighted by Gasteiger charge is 2.28. The number of halogens is 1. The van der Waals surface area contributed by atoms with Gasteiger partial charge in [-0.15, -0.1) is 0 Å². The van der Waals surface area contributed by atoms with E-state index in [2.05, 4.69) is 15.9 Å². The number of ether oxygens (including phenoxy) is 2. The standard InChI is InChI=1S/C8H15BrO5/c1-7(11)8(9,12)6-14-5-4-13-3-2-10/h10,12H,2-6H2,1H3. The van der Waals surface area contributed by atoms with Crippen LogP contribution in [-0.2, 0) is 14.3 Å². The predicted molar refractivity (Wildman–Crippen MR) is 53.3 cm³/mol. The van der Waals surface area contributed by atoms with Crippen molar-refractivity contribution in [1.82, 2.24) is 0 Å². The summed E-state index contributed by atoms with van der Waals surface area (Å²) in [5.74, 6) is -0.409. The fraction of sp³-hybridized carbons (Fsp3) is 0.875. The second-order valence-corrected chi connectivity index (χ2v) is 4.02. The van der Waals surface area contributed by atoms with Crippen LogP contribution in [0.3, 0.4) is 0 Å². The van der Waals surface area contributed by atoms with E-state index < -0.39 is 10.3 Å². The molecule has 5 nitrogen and oxygen atoms in total. The first-order chi connectivity index (χ1) is 6.50. The van der Waals surface area contributed by atoms with Crippen LogP contribution in [0, 0.1) is 0 Å². The molecular weight excluding hydrogens is 256 g/mol. The summed E-state index contributed by atoms with van der Waals surface area (Å²) in [7, 11) is 0. The summed E-state index contributed by atoms with van der Waals surface area (Å²) in [6.45, 7) is 1.96. The molecule has 0 aliphatic rings. The Morgan fingerprint density at radius 3 is 2.43 bits per heavy atom. The fourth-order valence-electron chi connectivity index (χ4n) is 0.594. The minimum Gasteiger partial charge on any atom is -0.394 e. The van der Waals surface area contributed by atoms with Crippen LogP contribution < -0.4 is 0 Å². The van der Waals surface area contributed by atoms with Crippen LogP contribution in [0.4, 0.5) is 0 Å². The Labute approximate surface area is 91.1 Å². The monoisotopic (exact) mass is 270 g/mol. The Morgan fingerprint density at radius 2 is 1.93 bits per heavy atom. The lowest BCUT2D eigenvalue weighted by Gasteiger charge is -2.17. The molecule has 6 heteroatoms. The predicted octanol–water partition coefficient (Wildman–Crippen LogP) is -0.316. The average Bonchev–Trinajstić information content (AvgIpc) is 2.10. The highest BCUT2D eigenvalue weighted by molar-refractivity contribution is 9.10. The smallest absolute Gasteiger partial charge is 0.201 e. The Morgan fingerprint density at radius 1 is 1.36 bits per heavy atom. The molecule has 0 saturated heterocycles. The van der Waals surface area contributed by atoms with Crippen molar-refractivity contribution in [1.29, 1.82) is 0 Å². The fourth-order valence-corrected chi connectivity index (χ4v) is 0.755. The highest BCUT2D eigenvalue weighted by atomic mass is 79.9. The summed E-state index contributed by atoms with van der Waals surface area (Å²) < 4.78 is 8.28. The number of hydrogen-bond donors (Lipinski definition) is 2. The molecule has 0 heterocycles. The number of ketones is 1. The van der Waals surface area contributed by atoms with E-state index >= 15 is 0 Å². The summed E-state index contributed by atoms with van der Waals surface area (Å²) >= 11 is 2.83. The van der Waals surface area contributed by atoms with E-state index in [1.165, 1.54) is 6.92 Å². The SMILES string of the molecule is CC(=O)C(O)(Br)COCCOCCO. The molecule has 2 N–H and O–H groups in total. The quantitative estimate of drug-likeness (QED) is 0.467. The number of carbonyl (C=O) groups excluding carboxylic acids is 1. The van der Waals surface area contributed by atoms with E-state index in [4.69, 9.17) is 14.6 Å². The van der Waals surface area contributed by atoms with Gasteiger partial charge in [0.05, 0.1) is 33.0 Å². The lowest BCUT2D eigenvalue weighted by atomic mass is 10.3. The Bertz CT molecular complexity index is 171. The molecule has 0 saturated carbocycles. The Kier molecular flexibility index (Phi) is 7.30. The maximum Gasteiger partial charge on any atom is 0.201 e. The molecule has 0 aromatic rings. The molecule has 0 spiro atoms. The van der Waals surface area contributed by atoms with E-state index in [9.17, 15) is 9.90 Å². The van der Waals surface area contributed by atoms with Crippen molar-refractivity contribution in [3.8, 4) is 0 Å². The lowest BCUT2D eigenvalue weighted by Crippen LogP contribution is -2.35. The highest BCUT2D eigenvalue weighted by Crippen LogP contribution is 2.15. The summed E-state index contributed by atoms with van der Waals surface area (Å²) in [6, 6.07) is 0. The van der Waals surface area contributed by atoms with Gasteiger partial charge in [0.15, 0.2) is 5.78 Å². The number of aliphatic hydroxyl groups is 2. The lowest BCUT2D eigenvalue weighted by molar-refractivity contribution is -0.130. The Hall–Kier alpha value is -0.0100. The van der Waals surface area contributed by atoms with Crippen molar-refractivity contribution in [2.24, 2.45) is 0 Å². The van der Waals surface area contributed by atoms with Crippen molar-refractivity contribution in [3.63, 3.8) is 0 Å². The molecule has 0 aromatic carbocycles. The molecule has 0 bridgehead atoms. The van der Waals surface area contributed by atoms with Gasteiger partial charge in [-0.1, -0.05) is 0 Å². The Balaban J connectivity index is 3.40. The topological polar surface area (TPSA) is 76.0 Å². The van der Waals surface area contributed by atoms with E-state index in [0.717, 1.165) is 0 Å². The first kappa shape index (κ1) is 14.0. The summed E-state index contributed by atoms with van der Waals surface area (Å²) in [4.78, 5) is 10.8. The third-order valence-electron chi connectivity index (χ3n) is 1.44. The molecule has 0 aliphatic carbocycles. The van der Waals surface area contributed by atoms with Gasteiger partial charge >= 0.3 is 0 Å². The number of carbonyl (C=O) groups is 1. The molecule has 0 radical (unpaired) electrons. The molecule has 0 fully saturated rings. The van der Waals surface area contributed by atoms with Gasteiger partial charge in [0.1, 0.15) is 0 Å². The van der Waals surface area contributed by atoms with Crippen LogP contribution in [0.15, 0.2) is 0 Å². The molecule has 0 amide bonds. The minimum atomic E-state index is -1.61. The molecule has 0 aromatic heterocycles. The number of alkyl halides is 1.